The summed E-state index contributed by atoms with van der Waals surface area (Å²) in [5, 5.41) is 3.21. The lowest BCUT2D eigenvalue weighted by molar-refractivity contribution is -0.142. The molecule has 1 aromatic carbocycles. The smallest absolute Gasteiger partial charge is 0.248 e. The number of carbonyl (C=O) groups is 2. The molecule has 1 aliphatic heterocycles. The molecule has 1 heterocycles. The van der Waals surface area contributed by atoms with Crippen molar-refractivity contribution >= 4 is 34.8 Å². The Morgan fingerprint density at radius 2 is 2.30 bits per heavy atom. The van der Waals surface area contributed by atoms with Gasteiger partial charge in [-0.2, -0.15) is 0 Å². The van der Waals surface area contributed by atoms with Crippen molar-refractivity contribution in [2.24, 2.45) is 0 Å². The number of nitrogens with zero attached hydrogens (tertiary/aromatic N) is 1. The molecule has 6 nitrogen and oxygen atoms in total. The molecule has 2 amide bonds. The number of halogens is 1. The summed E-state index contributed by atoms with van der Waals surface area (Å²) in [5.41, 5.74) is 6.68. The van der Waals surface area contributed by atoms with Crippen LogP contribution in [0.4, 0.5) is 11.4 Å². The minimum Gasteiger partial charge on any atom is -0.397 e. The fourth-order valence-electron chi connectivity index (χ4n) is 1.88. The van der Waals surface area contributed by atoms with Crippen LogP contribution in [0.1, 0.15) is 6.42 Å². The lowest BCUT2D eigenvalue weighted by Crippen LogP contribution is -2.42. The van der Waals surface area contributed by atoms with Gasteiger partial charge in [0.05, 0.1) is 18.0 Å². The van der Waals surface area contributed by atoms with E-state index in [1.807, 2.05) is 0 Å². The van der Waals surface area contributed by atoms with E-state index in [2.05, 4.69) is 5.32 Å². The summed E-state index contributed by atoms with van der Waals surface area (Å²) < 4.78 is 5.02. The van der Waals surface area contributed by atoms with Crippen LogP contribution in [0.25, 0.3) is 0 Å². The van der Waals surface area contributed by atoms with Gasteiger partial charge in [-0.15, -0.1) is 0 Å². The predicted molar refractivity (Wildman–Crippen MR) is 76.5 cm³/mol. The maximum Gasteiger partial charge on any atom is 0.248 e. The van der Waals surface area contributed by atoms with Gasteiger partial charge >= 0.3 is 0 Å². The molecule has 0 aliphatic carbocycles. The third-order valence-electron chi connectivity index (χ3n) is 2.98. The molecular weight excluding hydrogens is 282 g/mol. The molecular formula is C13H16ClN3O3. The largest absolute Gasteiger partial charge is 0.397 e. The number of nitrogens with one attached hydrogen (secondary N) is 1. The summed E-state index contributed by atoms with van der Waals surface area (Å²) in [6.45, 7) is 1.50. The molecule has 20 heavy (non-hydrogen) atoms. The number of ether oxygens (including phenoxy) is 1. The second kappa shape index (κ2) is 6.58. The van der Waals surface area contributed by atoms with Gasteiger partial charge in [0.2, 0.25) is 11.8 Å². The van der Waals surface area contributed by atoms with Gasteiger partial charge in [-0.05, 0) is 18.2 Å². The molecule has 2 rings (SSSR count). The standard InChI is InChI=1S/C13H16ClN3O3/c14-9-1-2-11(10(15)7-9)16-12(18)3-4-17-5-6-20-8-13(17)19/h1-2,7H,3-6,8,15H2,(H,16,18). The molecule has 3 N–H and O–H groups in total. The molecule has 1 saturated heterocycles. The number of nitrogen functional groups attached to an aromatic ring is 1. The summed E-state index contributed by atoms with van der Waals surface area (Å²) >= 11 is 5.78. The Bertz CT molecular complexity index is 522. The van der Waals surface area contributed by atoms with Crippen LogP contribution in [0, 0.1) is 0 Å². The van der Waals surface area contributed by atoms with E-state index in [0.29, 0.717) is 36.1 Å². The van der Waals surface area contributed by atoms with Crippen LogP contribution in [0.5, 0.6) is 0 Å². The quantitative estimate of drug-likeness (QED) is 0.815. The highest BCUT2D eigenvalue weighted by Gasteiger charge is 2.19. The van der Waals surface area contributed by atoms with Gasteiger partial charge in [-0.1, -0.05) is 11.6 Å². The molecule has 0 spiro atoms. The van der Waals surface area contributed by atoms with Gasteiger partial charge < -0.3 is 20.7 Å². The first-order chi connectivity index (χ1) is 9.56. The Morgan fingerprint density at radius 3 is 3.00 bits per heavy atom. The van der Waals surface area contributed by atoms with Crippen molar-refractivity contribution in [1.82, 2.24) is 4.90 Å². The zero-order valence-electron chi connectivity index (χ0n) is 10.9. The Kier molecular flexibility index (Phi) is 4.81. The topological polar surface area (TPSA) is 84.7 Å². The van der Waals surface area contributed by atoms with Gasteiger partial charge in [-0.25, -0.2) is 0 Å². The molecule has 0 radical (unpaired) electrons. The van der Waals surface area contributed by atoms with Crippen molar-refractivity contribution in [1.29, 1.82) is 0 Å². The third kappa shape index (κ3) is 3.85. The molecule has 108 valence electrons. The molecule has 0 atom stereocenters. The van der Waals surface area contributed by atoms with Gasteiger partial charge in [-0.3, -0.25) is 9.59 Å². The van der Waals surface area contributed by atoms with E-state index >= 15 is 0 Å². The number of anilines is 2. The summed E-state index contributed by atoms with van der Waals surface area (Å²) in [6.07, 6.45) is 0.216. The zero-order valence-corrected chi connectivity index (χ0v) is 11.7. The van der Waals surface area contributed by atoms with Crippen molar-refractivity contribution in [2.45, 2.75) is 6.42 Å². The first-order valence-corrected chi connectivity index (χ1v) is 6.64. The first kappa shape index (κ1) is 14.6. The number of hydrogen-bond donors (Lipinski definition) is 2. The van der Waals surface area contributed by atoms with Crippen molar-refractivity contribution in [3.63, 3.8) is 0 Å². The number of benzene rings is 1. The average molecular weight is 298 g/mol. The van der Waals surface area contributed by atoms with E-state index in [1.54, 1.807) is 23.1 Å². The lowest BCUT2D eigenvalue weighted by atomic mass is 10.2. The van der Waals surface area contributed by atoms with Crippen LogP contribution < -0.4 is 11.1 Å². The van der Waals surface area contributed by atoms with Crippen LogP contribution in [0.15, 0.2) is 18.2 Å². The minimum absolute atomic E-state index is 0.0879. The fourth-order valence-corrected chi connectivity index (χ4v) is 2.06. The highest BCUT2D eigenvalue weighted by atomic mass is 35.5. The number of hydrogen-bond acceptors (Lipinski definition) is 4. The van der Waals surface area contributed by atoms with Crippen molar-refractivity contribution in [3.05, 3.63) is 23.2 Å². The minimum atomic E-state index is -0.196. The van der Waals surface area contributed by atoms with Crippen LogP contribution in [-0.4, -0.2) is 43.0 Å². The van der Waals surface area contributed by atoms with E-state index in [4.69, 9.17) is 22.1 Å². The van der Waals surface area contributed by atoms with E-state index in [-0.39, 0.29) is 24.8 Å². The molecule has 0 unspecified atom stereocenters. The van der Waals surface area contributed by atoms with Gasteiger partial charge in [0.1, 0.15) is 6.61 Å². The number of nitrogens with two attached hydrogens (primary N) is 1. The van der Waals surface area contributed by atoms with Gasteiger partial charge in [0.15, 0.2) is 0 Å². The second-order valence-corrected chi connectivity index (χ2v) is 4.90. The molecule has 7 heteroatoms. The lowest BCUT2D eigenvalue weighted by Gasteiger charge is -2.26. The number of carbonyl (C=O) groups excluding carboxylic acids is 2. The van der Waals surface area contributed by atoms with Crippen LogP contribution in [0.2, 0.25) is 5.02 Å². The molecule has 0 saturated carbocycles. The van der Waals surface area contributed by atoms with Crippen LogP contribution >= 0.6 is 11.6 Å². The van der Waals surface area contributed by atoms with E-state index in [1.165, 1.54) is 0 Å². The monoisotopic (exact) mass is 297 g/mol. The normalized spacial score (nSPS) is 15.2. The predicted octanol–water partition coefficient (Wildman–Crippen LogP) is 1.11. The van der Waals surface area contributed by atoms with Crippen LogP contribution in [-0.2, 0) is 14.3 Å². The Morgan fingerprint density at radius 1 is 1.50 bits per heavy atom. The van der Waals surface area contributed by atoms with Crippen molar-refractivity contribution in [2.75, 3.05) is 37.4 Å². The van der Waals surface area contributed by atoms with Gasteiger partial charge in [0.25, 0.3) is 0 Å². The van der Waals surface area contributed by atoms with Crippen molar-refractivity contribution < 1.29 is 14.3 Å². The Labute approximate surface area is 121 Å². The van der Waals surface area contributed by atoms with E-state index < -0.39 is 0 Å². The Hall–Kier alpha value is -1.79. The van der Waals surface area contributed by atoms with Crippen molar-refractivity contribution in [3.8, 4) is 0 Å². The number of amides is 2. The summed E-state index contributed by atoms with van der Waals surface area (Å²) in [5.74, 6) is -0.284. The van der Waals surface area contributed by atoms with E-state index in [9.17, 15) is 9.59 Å². The summed E-state index contributed by atoms with van der Waals surface area (Å²) in [6, 6.07) is 4.87. The molecule has 1 aliphatic rings. The first-order valence-electron chi connectivity index (χ1n) is 6.26. The van der Waals surface area contributed by atoms with E-state index in [0.717, 1.165) is 0 Å². The highest BCUT2D eigenvalue weighted by Crippen LogP contribution is 2.22. The maximum atomic E-state index is 11.8. The van der Waals surface area contributed by atoms with Gasteiger partial charge in [0, 0.05) is 24.5 Å². The molecule has 0 aromatic heterocycles. The number of morpholine rings is 1. The molecule has 1 aromatic rings. The Balaban J connectivity index is 1.84. The number of rotatable bonds is 4. The fraction of sp³-hybridized carbons (Fsp3) is 0.385. The third-order valence-corrected chi connectivity index (χ3v) is 3.22. The second-order valence-electron chi connectivity index (χ2n) is 4.46. The SMILES string of the molecule is Nc1cc(Cl)ccc1NC(=O)CCN1CCOCC1=O. The zero-order chi connectivity index (χ0) is 14.5. The maximum absolute atomic E-state index is 11.8. The highest BCUT2D eigenvalue weighted by molar-refractivity contribution is 6.31. The molecule has 1 fully saturated rings. The average Bonchev–Trinajstić information content (AvgIpc) is 2.41. The summed E-state index contributed by atoms with van der Waals surface area (Å²) in [7, 11) is 0. The summed E-state index contributed by atoms with van der Waals surface area (Å²) in [4.78, 5) is 24.9. The van der Waals surface area contributed by atoms with Crippen LogP contribution in [0.3, 0.4) is 0 Å². The molecule has 0 bridgehead atoms.